The third-order valence-corrected chi connectivity index (χ3v) is 3.71. The summed E-state index contributed by atoms with van der Waals surface area (Å²) in [5.74, 6) is 0.0475. The molecule has 1 amide bonds. The molecule has 0 radical (unpaired) electrons. The van der Waals surface area contributed by atoms with Crippen LogP contribution in [0.1, 0.15) is 36.0 Å². The van der Waals surface area contributed by atoms with Gasteiger partial charge in [-0.1, -0.05) is 12.8 Å². The van der Waals surface area contributed by atoms with E-state index < -0.39 is 0 Å². The minimum atomic E-state index is -0.300. The molecule has 0 saturated heterocycles. The minimum Gasteiger partial charge on any atom is -0.349 e. The standard InChI is InChI=1S/C16H16FN3O/c17-13-7-5-11(6-8-13)15-18-9-12(10-19-15)16(21)20-14-3-1-2-4-14/h5-10,14H,1-4H2,(H,20,21). The lowest BCUT2D eigenvalue weighted by atomic mass is 10.2. The monoisotopic (exact) mass is 285 g/mol. The fraction of sp³-hybridized carbons (Fsp3) is 0.312. The van der Waals surface area contributed by atoms with Crippen molar-refractivity contribution in [2.75, 3.05) is 0 Å². The molecule has 0 atom stereocenters. The second-order valence-electron chi connectivity index (χ2n) is 5.26. The Kier molecular flexibility index (Phi) is 3.90. The van der Waals surface area contributed by atoms with Gasteiger partial charge >= 0.3 is 0 Å². The Balaban J connectivity index is 1.71. The number of nitrogens with one attached hydrogen (secondary N) is 1. The van der Waals surface area contributed by atoms with E-state index in [0.717, 1.165) is 18.4 Å². The molecule has 21 heavy (non-hydrogen) atoms. The zero-order valence-corrected chi connectivity index (χ0v) is 11.6. The van der Waals surface area contributed by atoms with Gasteiger partial charge in [0.05, 0.1) is 5.56 Å². The van der Waals surface area contributed by atoms with Crippen molar-refractivity contribution in [1.82, 2.24) is 15.3 Å². The number of halogens is 1. The number of aromatic nitrogens is 2. The Morgan fingerprint density at radius 2 is 1.71 bits per heavy atom. The highest BCUT2D eigenvalue weighted by molar-refractivity contribution is 5.93. The summed E-state index contributed by atoms with van der Waals surface area (Å²) in [6.45, 7) is 0. The average Bonchev–Trinajstić information content (AvgIpc) is 3.01. The molecule has 1 aromatic heterocycles. The molecule has 1 aliphatic carbocycles. The van der Waals surface area contributed by atoms with Crippen molar-refractivity contribution >= 4 is 5.91 Å². The summed E-state index contributed by atoms with van der Waals surface area (Å²) in [4.78, 5) is 20.4. The Hall–Kier alpha value is -2.30. The molecule has 1 heterocycles. The molecule has 1 aliphatic rings. The molecule has 5 heteroatoms. The Morgan fingerprint density at radius 1 is 1.10 bits per heavy atom. The Morgan fingerprint density at radius 3 is 2.33 bits per heavy atom. The molecule has 1 saturated carbocycles. The van der Waals surface area contributed by atoms with E-state index in [9.17, 15) is 9.18 Å². The number of carbonyl (C=O) groups is 1. The number of rotatable bonds is 3. The summed E-state index contributed by atoms with van der Waals surface area (Å²) in [6, 6.07) is 6.22. The van der Waals surface area contributed by atoms with Gasteiger partial charge in [0.25, 0.3) is 5.91 Å². The molecule has 3 rings (SSSR count). The molecule has 1 aromatic carbocycles. The van der Waals surface area contributed by atoms with Crippen LogP contribution in [0.5, 0.6) is 0 Å². The van der Waals surface area contributed by atoms with Crippen molar-refractivity contribution in [3.8, 4) is 11.4 Å². The van der Waals surface area contributed by atoms with Crippen LogP contribution in [-0.4, -0.2) is 21.9 Å². The molecule has 0 bridgehead atoms. The smallest absolute Gasteiger partial charge is 0.254 e. The largest absolute Gasteiger partial charge is 0.349 e. The summed E-state index contributed by atoms with van der Waals surface area (Å²) in [5.41, 5.74) is 1.17. The zero-order chi connectivity index (χ0) is 14.7. The van der Waals surface area contributed by atoms with Gasteiger partial charge in [0, 0.05) is 24.0 Å². The normalized spacial score (nSPS) is 15.1. The third kappa shape index (κ3) is 3.24. The quantitative estimate of drug-likeness (QED) is 0.943. The van der Waals surface area contributed by atoms with Crippen LogP contribution in [0, 0.1) is 5.82 Å². The number of hydrogen-bond acceptors (Lipinski definition) is 3. The van der Waals surface area contributed by atoms with E-state index in [1.54, 1.807) is 12.1 Å². The molecule has 1 fully saturated rings. The van der Waals surface area contributed by atoms with Crippen LogP contribution in [0.4, 0.5) is 4.39 Å². The van der Waals surface area contributed by atoms with E-state index >= 15 is 0 Å². The number of hydrogen-bond donors (Lipinski definition) is 1. The van der Waals surface area contributed by atoms with Crippen molar-refractivity contribution in [2.24, 2.45) is 0 Å². The van der Waals surface area contributed by atoms with Crippen molar-refractivity contribution in [3.05, 3.63) is 48.0 Å². The fourth-order valence-electron chi connectivity index (χ4n) is 2.53. The molecule has 1 N–H and O–H groups in total. The first kappa shape index (κ1) is 13.7. The first-order valence-corrected chi connectivity index (χ1v) is 7.11. The number of nitrogens with zero attached hydrogens (tertiary/aromatic N) is 2. The summed E-state index contributed by atoms with van der Waals surface area (Å²) >= 11 is 0. The molecular weight excluding hydrogens is 269 g/mol. The maximum atomic E-state index is 12.9. The van der Waals surface area contributed by atoms with E-state index in [-0.39, 0.29) is 17.8 Å². The minimum absolute atomic E-state index is 0.132. The van der Waals surface area contributed by atoms with Crippen LogP contribution in [0.3, 0.4) is 0 Å². The van der Waals surface area contributed by atoms with Crippen LogP contribution >= 0.6 is 0 Å². The molecule has 0 spiro atoms. The van der Waals surface area contributed by atoms with Gasteiger partial charge in [-0.15, -0.1) is 0 Å². The van der Waals surface area contributed by atoms with Gasteiger partial charge in [-0.05, 0) is 37.1 Å². The first-order valence-electron chi connectivity index (χ1n) is 7.11. The van der Waals surface area contributed by atoms with Gasteiger partial charge in [0.2, 0.25) is 0 Å². The van der Waals surface area contributed by atoms with Gasteiger partial charge in [-0.2, -0.15) is 0 Å². The SMILES string of the molecule is O=C(NC1CCCC1)c1cnc(-c2ccc(F)cc2)nc1. The van der Waals surface area contributed by atoms with Crippen LogP contribution < -0.4 is 5.32 Å². The second kappa shape index (κ2) is 5.99. The van der Waals surface area contributed by atoms with Crippen molar-refractivity contribution in [2.45, 2.75) is 31.7 Å². The van der Waals surface area contributed by atoms with Gasteiger partial charge in [-0.3, -0.25) is 4.79 Å². The van der Waals surface area contributed by atoms with Gasteiger partial charge < -0.3 is 5.32 Å². The maximum absolute atomic E-state index is 12.9. The highest BCUT2D eigenvalue weighted by Gasteiger charge is 2.18. The zero-order valence-electron chi connectivity index (χ0n) is 11.6. The van der Waals surface area contributed by atoms with Crippen molar-refractivity contribution < 1.29 is 9.18 Å². The lowest BCUT2D eigenvalue weighted by Crippen LogP contribution is -2.32. The maximum Gasteiger partial charge on any atom is 0.254 e. The highest BCUT2D eigenvalue weighted by Crippen LogP contribution is 2.18. The molecule has 2 aromatic rings. The van der Waals surface area contributed by atoms with Gasteiger partial charge in [-0.25, -0.2) is 14.4 Å². The topological polar surface area (TPSA) is 54.9 Å². The molecule has 4 nitrogen and oxygen atoms in total. The molecule has 0 aliphatic heterocycles. The highest BCUT2D eigenvalue weighted by atomic mass is 19.1. The number of carbonyl (C=O) groups excluding carboxylic acids is 1. The van der Waals surface area contributed by atoms with Crippen LogP contribution in [0.25, 0.3) is 11.4 Å². The number of benzene rings is 1. The van der Waals surface area contributed by atoms with E-state index in [2.05, 4.69) is 15.3 Å². The van der Waals surface area contributed by atoms with Crippen molar-refractivity contribution in [1.29, 1.82) is 0 Å². The fourth-order valence-corrected chi connectivity index (χ4v) is 2.53. The molecule has 108 valence electrons. The lowest BCUT2D eigenvalue weighted by molar-refractivity contribution is 0.0937. The van der Waals surface area contributed by atoms with Crippen LogP contribution in [0.15, 0.2) is 36.7 Å². The summed E-state index contributed by atoms with van der Waals surface area (Å²) in [7, 11) is 0. The van der Waals surface area contributed by atoms with E-state index in [0.29, 0.717) is 11.4 Å². The van der Waals surface area contributed by atoms with Crippen molar-refractivity contribution in [3.63, 3.8) is 0 Å². The first-order chi connectivity index (χ1) is 10.2. The average molecular weight is 285 g/mol. The number of amides is 1. The third-order valence-electron chi connectivity index (χ3n) is 3.71. The van der Waals surface area contributed by atoms with E-state index in [1.807, 2.05) is 0 Å². The van der Waals surface area contributed by atoms with Crippen LogP contribution in [-0.2, 0) is 0 Å². The predicted octanol–water partition coefficient (Wildman–Crippen LogP) is 2.96. The van der Waals surface area contributed by atoms with Gasteiger partial charge in [0.1, 0.15) is 5.82 Å². The van der Waals surface area contributed by atoms with Crippen LogP contribution in [0.2, 0.25) is 0 Å². The predicted molar refractivity (Wildman–Crippen MR) is 77.1 cm³/mol. The Bertz CT molecular complexity index is 619. The lowest BCUT2D eigenvalue weighted by Gasteiger charge is -2.11. The summed E-state index contributed by atoms with van der Waals surface area (Å²) in [6.07, 6.45) is 7.45. The Labute approximate surface area is 122 Å². The summed E-state index contributed by atoms with van der Waals surface area (Å²) < 4.78 is 12.9. The van der Waals surface area contributed by atoms with E-state index in [1.165, 1.54) is 37.4 Å². The molecule has 0 unspecified atom stereocenters. The second-order valence-corrected chi connectivity index (χ2v) is 5.26. The summed E-state index contributed by atoms with van der Waals surface area (Å²) in [5, 5.41) is 2.99. The van der Waals surface area contributed by atoms with Gasteiger partial charge in [0.15, 0.2) is 5.82 Å². The molecular formula is C16H16FN3O. The van der Waals surface area contributed by atoms with E-state index in [4.69, 9.17) is 0 Å².